The molecule has 0 saturated heterocycles. The minimum Gasteiger partial charge on any atom is -0.497 e. The summed E-state index contributed by atoms with van der Waals surface area (Å²) in [6.45, 7) is 0. The maximum absolute atomic E-state index is 5.25. The highest BCUT2D eigenvalue weighted by Crippen LogP contribution is 2.23. The summed E-state index contributed by atoms with van der Waals surface area (Å²) in [7, 11) is 3.22. The van der Waals surface area contributed by atoms with Crippen molar-refractivity contribution >= 4 is 22.9 Å². The molecule has 0 atom stereocenters. The fraction of sp³-hybridized carbons (Fsp3) is 0.182. The SMILES string of the molecule is COc1ccc(/C=N/c2ncns2)c(OC)c1. The van der Waals surface area contributed by atoms with Crippen LogP contribution in [0, 0.1) is 0 Å². The zero-order valence-electron chi connectivity index (χ0n) is 9.45. The van der Waals surface area contributed by atoms with E-state index in [1.165, 1.54) is 17.9 Å². The van der Waals surface area contributed by atoms with E-state index in [9.17, 15) is 0 Å². The highest BCUT2D eigenvalue weighted by Gasteiger charge is 2.02. The monoisotopic (exact) mass is 249 g/mol. The highest BCUT2D eigenvalue weighted by atomic mass is 32.1. The lowest BCUT2D eigenvalue weighted by molar-refractivity contribution is 0.394. The number of benzene rings is 1. The van der Waals surface area contributed by atoms with Crippen molar-refractivity contribution in [2.75, 3.05) is 14.2 Å². The molecule has 0 saturated carbocycles. The smallest absolute Gasteiger partial charge is 0.228 e. The van der Waals surface area contributed by atoms with E-state index in [-0.39, 0.29) is 0 Å². The second kappa shape index (κ2) is 5.40. The summed E-state index contributed by atoms with van der Waals surface area (Å²) < 4.78 is 14.2. The van der Waals surface area contributed by atoms with Gasteiger partial charge in [-0.2, -0.15) is 4.37 Å². The van der Waals surface area contributed by atoms with Gasteiger partial charge >= 0.3 is 0 Å². The number of ether oxygens (including phenoxy) is 2. The molecule has 1 aromatic carbocycles. The maximum Gasteiger partial charge on any atom is 0.228 e. The molecule has 0 aliphatic heterocycles. The third-order valence-electron chi connectivity index (χ3n) is 2.10. The summed E-state index contributed by atoms with van der Waals surface area (Å²) in [5.74, 6) is 1.45. The van der Waals surface area contributed by atoms with Crippen LogP contribution in [-0.2, 0) is 0 Å². The molecule has 0 unspecified atom stereocenters. The van der Waals surface area contributed by atoms with E-state index in [2.05, 4.69) is 14.3 Å². The lowest BCUT2D eigenvalue weighted by Crippen LogP contribution is -1.92. The number of hydrogen-bond donors (Lipinski definition) is 0. The van der Waals surface area contributed by atoms with Crippen LogP contribution in [0.25, 0.3) is 0 Å². The minimum atomic E-state index is 0.614. The second-order valence-corrected chi connectivity index (χ2v) is 3.85. The molecule has 0 fully saturated rings. The summed E-state index contributed by atoms with van der Waals surface area (Å²) in [5, 5.41) is 0.614. The van der Waals surface area contributed by atoms with Gasteiger partial charge in [0.1, 0.15) is 17.8 Å². The first-order valence-electron chi connectivity index (χ1n) is 4.86. The zero-order chi connectivity index (χ0) is 12.1. The fourth-order valence-electron chi connectivity index (χ4n) is 1.27. The number of methoxy groups -OCH3 is 2. The molecule has 17 heavy (non-hydrogen) atoms. The Labute approximate surface area is 103 Å². The molecule has 5 nitrogen and oxygen atoms in total. The van der Waals surface area contributed by atoms with Crippen molar-refractivity contribution in [2.45, 2.75) is 0 Å². The maximum atomic E-state index is 5.25. The van der Waals surface area contributed by atoms with Crippen molar-refractivity contribution in [3.05, 3.63) is 30.1 Å². The summed E-state index contributed by atoms with van der Waals surface area (Å²) in [4.78, 5) is 8.16. The molecule has 0 aliphatic rings. The predicted octanol–water partition coefficient (Wildman–Crippen LogP) is 2.31. The third-order valence-corrected chi connectivity index (χ3v) is 2.68. The van der Waals surface area contributed by atoms with Crippen molar-refractivity contribution in [1.82, 2.24) is 9.36 Å². The van der Waals surface area contributed by atoms with E-state index >= 15 is 0 Å². The first-order chi connectivity index (χ1) is 8.33. The average Bonchev–Trinajstić information content (AvgIpc) is 2.89. The summed E-state index contributed by atoms with van der Waals surface area (Å²) in [6, 6.07) is 5.54. The van der Waals surface area contributed by atoms with Crippen LogP contribution < -0.4 is 9.47 Å². The molecule has 0 spiro atoms. The molecule has 6 heteroatoms. The molecular formula is C11H11N3O2S. The van der Waals surface area contributed by atoms with Gasteiger partial charge in [-0.25, -0.2) is 9.98 Å². The Bertz CT molecular complexity index is 511. The number of aromatic nitrogens is 2. The Morgan fingerprint density at radius 1 is 1.29 bits per heavy atom. The standard InChI is InChI=1S/C11H11N3O2S/c1-15-9-4-3-8(10(5-9)16-2)6-12-11-13-7-14-17-11/h3-7H,1-2H3/b12-6+. The minimum absolute atomic E-state index is 0.614. The van der Waals surface area contributed by atoms with Gasteiger partial charge in [-0.1, -0.05) is 0 Å². The fourth-order valence-corrected chi connectivity index (χ4v) is 1.66. The molecule has 0 radical (unpaired) electrons. The number of aliphatic imine (C=N–C) groups is 1. The molecular weight excluding hydrogens is 238 g/mol. The van der Waals surface area contributed by atoms with E-state index < -0.39 is 0 Å². The highest BCUT2D eigenvalue weighted by molar-refractivity contribution is 7.09. The van der Waals surface area contributed by atoms with Crippen molar-refractivity contribution < 1.29 is 9.47 Å². The largest absolute Gasteiger partial charge is 0.497 e. The Hall–Kier alpha value is -1.95. The van der Waals surface area contributed by atoms with Crippen LogP contribution in [-0.4, -0.2) is 29.8 Å². The van der Waals surface area contributed by atoms with Crippen LogP contribution in [0.4, 0.5) is 5.13 Å². The third kappa shape index (κ3) is 2.79. The zero-order valence-corrected chi connectivity index (χ0v) is 10.3. The van der Waals surface area contributed by atoms with E-state index in [0.29, 0.717) is 10.9 Å². The normalized spacial score (nSPS) is 10.7. The van der Waals surface area contributed by atoms with Gasteiger partial charge in [-0.3, -0.25) is 0 Å². The van der Waals surface area contributed by atoms with Gasteiger partial charge in [0.2, 0.25) is 5.13 Å². The first kappa shape index (κ1) is 11.5. The second-order valence-electron chi connectivity index (χ2n) is 3.09. The van der Waals surface area contributed by atoms with Crippen molar-refractivity contribution in [3.63, 3.8) is 0 Å². The van der Waals surface area contributed by atoms with Gasteiger partial charge in [0.15, 0.2) is 0 Å². The van der Waals surface area contributed by atoms with E-state index in [1.807, 2.05) is 12.1 Å². The molecule has 0 aliphatic carbocycles. The van der Waals surface area contributed by atoms with E-state index in [4.69, 9.17) is 9.47 Å². The molecule has 1 heterocycles. The van der Waals surface area contributed by atoms with Gasteiger partial charge in [0, 0.05) is 29.4 Å². The quantitative estimate of drug-likeness (QED) is 0.780. The van der Waals surface area contributed by atoms with Gasteiger partial charge in [0.05, 0.1) is 14.2 Å². The predicted molar refractivity (Wildman–Crippen MR) is 66.7 cm³/mol. The lowest BCUT2D eigenvalue weighted by Gasteiger charge is -2.06. The van der Waals surface area contributed by atoms with Gasteiger partial charge in [-0.05, 0) is 12.1 Å². The molecule has 1 aromatic heterocycles. The topological polar surface area (TPSA) is 56.6 Å². The van der Waals surface area contributed by atoms with Gasteiger partial charge in [0.25, 0.3) is 0 Å². The van der Waals surface area contributed by atoms with Crippen molar-refractivity contribution in [2.24, 2.45) is 4.99 Å². The van der Waals surface area contributed by atoms with Crippen molar-refractivity contribution in [1.29, 1.82) is 0 Å². The molecule has 2 aromatic rings. The van der Waals surface area contributed by atoms with Crippen LogP contribution in [0.5, 0.6) is 11.5 Å². The molecule has 0 N–H and O–H groups in total. The van der Waals surface area contributed by atoms with Crippen LogP contribution in [0.3, 0.4) is 0 Å². The Balaban J connectivity index is 2.26. The van der Waals surface area contributed by atoms with Gasteiger partial charge < -0.3 is 9.47 Å². The van der Waals surface area contributed by atoms with Crippen LogP contribution in [0.1, 0.15) is 5.56 Å². The molecule has 0 bridgehead atoms. The summed E-state index contributed by atoms with van der Waals surface area (Å²) >= 11 is 1.24. The Kier molecular flexibility index (Phi) is 3.66. The molecule has 0 amide bonds. The van der Waals surface area contributed by atoms with Crippen molar-refractivity contribution in [3.8, 4) is 11.5 Å². The first-order valence-corrected chi connectivity index (χ1v) is 5.63. The lowest BCUT2D eigenvalue weighted by atomic mass is 10.2. The summed E-state index contributed by atoms with van der Waals surface area (Å²) in [6.07, 6.45) is 3.17. The Morgan fingerprint density at radius 3 is 2.82 bits per heavy atom. The number of nitrogens with zero attached hydrogens (tertiary/aromatic N) is 3. The number of hydrogen-bond acceptors (Lipinski definition) is 6. The summed E-state index contributed by atoms with van der Waals surface area (Å²) in [5.41, 5.74) is 0.864. The molecule has 2 rings (SSSR count). The van der Waals surface area contributed by atoms with E-state index in [0.717, 1.165) is 11.3 Å². The number of rotatable bonds is 4. The van der Waals surface area contributed by atoms with Crippen LogP contribution >= 0.6 is 11.5 Å². The Morgan fingerprint density at radius 2 is 2.18 bits per heavy atom. The average molecular weight is 249 g/mol. The molecule has 88 valence electrons. The van der Waals surface area contributed by atoms with Crippen LogP contribution in [0.15, 0.2) is 29.5 Å². The van der Waals surface area contributed by atoms with E-state index in [1.54, 1.807) is 26.5 Å². The van der Waals surface area contributed by atoms with Gasteiger partial charge in [-0.15, -0.1) is 0 Å². The van der Waals surface area contributed by atoms with Crippen LogP contribution in [0.2, 0.25) is 0 Å².